The van der Waals surface area contributed by atoms with Crippen LogP contribution in [0.15, 0.2) is 18.2 Å². The summed E-state index contributed by atoms with van der Waals surface area (Å²) in [6.07, 6.45) is 2.97. The van der Waals surface area contributed by atoms with Gasteiger partial charge in [-0.3, -0.25) is 0 Å². The summed E-state index contributed by atoms with van der Waals surface area (Å²) in [5, 5.41) is 17.7. The van der Waals surface area contributed by atoms with E-state index in [4.69, 9.17) is 27.5 Å². The maximum Gasteiger partial charge on any atom is 0.337 e. The number of rotatable bonds is 3. The van der Waals surface area contributed by atoms with Crippen molar-refractivity contribution in [1.29, 1.82) is 0 Å². The maximum absolute atomic E-state index is 10.8. The summed E-state index contributed by atoms with van der Waals surface area (Å²) in [7, 11) is 0. The Hall–Kier alpha value is -1.52. The highest BCUT2D eigenvalue weighted by atomic mass is 35.5. The fourth-order valence-electron chi connectivity index (χ4n) is 1.13. The molecule has 80 valence electrons. The molecule has 4 N–H and O–H groups in total. The molecule has 5 heteroatoms. The number of halogens is 1. The van der Waals surface area contributed by atoms with Gasteiger partial charge in [0, 0.05) is 5.02 Å². The topological polar surface area (TPSA) is 83.5 Å². The van der Waals surface area contributed by atoms with Gasteiger partial charge in [0.05, 0.1) is 17.9 Å². The Morgan fingerprint density at radius 1 is 1.53 bits per heavy atom. The third-order valence-electron chi connectivity index (χ3n) is 1.81. The van der Waals surface area contributed by atoms with E-state index in [0.29, 0.717) is 10.6 Å². The van der Waals surface area contributed by atoms with Crippen LogP contribution in [0, 0.1) is 0 Å². The molecule has 4 nitrogen and oxygen atoms in total. The van der Waals surface area contributed by atoms with E-state index >= 15 is 0 Å². The van der Waals surface area contributed by atoms with Gasteiger partial charge in [-0.15, -0.1) is 0 Å². The normalized spacial score (nSPS) is 10.8. The number of anilines is 1. The number of hydrogen-bond donors (Lipinski definition) is 3. The van der Waals surface area contributed by atoms with Gasteiger partial charge in [-0.2, -0.15) is 0 Å². The van der Waals surface area contributed by atoms with Crippen LogP contribution in [-0.2, 0) is 0 Å². The van der Waals surface area contributed by atoms with Crippen LogP contribution in [0.1, 0.15) is 15.9 Å². The summed E-state index contributed by atoms with van der Waals surface area (Å²) < 4.78 is 0. The van der Waals surface area contributed by atoms with Gasteiger partial charge >= 0.3 is 5.97 Å². The minimum Gasteiger partial charge on any atom is -0.478 e. The van der Waals surface area contributed by atoms with Crippen LogP contribution in [0.3, 0.4) is 0 Å². The van der Waals surface area contributed by atoms with Crippen LogP contribution < -0.4 is 5.73 Å². The molecule has 0 aliphatic heterocycles. The Bertz CT molecular complexity index is 415. The number of carbonyl (C=O) groups is 1. The maximum atomic E-state index is 10.8. The van der Waals surface area contributed by atoms with E-state index in [-0.39, 0.29) is 17.9 Å². The lowest BCUT2D eigenvalue weighted by Gasteiger charge is -2.05. The lowest BCUT2D eigenvalue weighted by atomic mass is 10.1. The molecule has 0 spiro atoms. The molecular formula is C10H10ClNO3. The summed E-state index contributed by atoms with van der Waals surface area (Å²) >= 11 is 5.73. The zero-order chi connectivity index (χ0) is 11.4. The van der Waals surface area contributed by atoms with Gasteiger partial charge in [0.25, 0.3) is 0 Å². The molecule has 0 aliphatic rings. The summed E-state index contributed by atoms with van der Waals surface area (Å²) in [6.45, 7) is -0.144. The lowest BCUT2D eigenvalue weighted by molar-refractivity contribution is 0.0698. The van der Waals surface area contributed by atoms with Gasteiger partial charge in [0.2, 0.25) is 0 Å². The van der Waals surface area contributed by atoms with Crippen LogP contribution >= 0.6 is 11.6 Å². The molecule has 1 aromatic rings. The molecule has 0 radical (unpaired) electrons. The fraction of sp³-hybridized carbons (Fsp3) is 0.100. The van der Waals surface area contributed by atoms with E-state index in [1.807, 2.05) is 0 Å². The van der Waals surface area contributed by atoms with Crippen molar-refractivity contribution in [3.8, 4) is 0 Å². The molecule has 0 atom stereocenters. The van der Waals surface area contributed by atoms with E-state index in [2.05, 4.69) is 0 Å². The summed E-state index contributed by atoms with van der Waals surface area (Å²) in [5.41, 5.74) is 6.20. The predicted octanol–water partition coefficient (Wildman–Crippen LogP) is 1.63. The molecular weight excluding hydrogens is 218 g/mol. The van der Waals surface area contributed by atoms with Gasteiger partial charge in [-0.25, -0.2) is 4.79 Å². The molecule has 0 heterocycles. The number of aromatic carboxylic acids is 1. The number of carboxylic acid groups (broad SMARTS) is 1. The summed E-state index contributed by atoms with van der Waals surface area (Å²) in [6, 6.07) is 2.82. The highest BCUT2D eigenvalue weighted by molar-refractivity contribution is 6.31. The minimum absolute atomic E-state index is 0.0416. The Labute approximate surface area is 91.6 Å². The standard InChI is InChI=1S/C10H10ClNO3/c11-7-4-6(2-1-3-13)9(12)8(5-7)10(14)15/h1-2,4-5,13H,3,12H2,(H,14,15). The molecule has 0 fully saturated rings. The lowest BCUT2D eigenvalue weighted by Crippen LogP contribution is -2.04. The number of carboxylic acids is 1. The SMILES string of the molecule is Nc1c(C=CCO)cc(Cl)cc1C(=O)O. The molecule has 0 bridgehead atoms. The smallest absolute Gasteiger partial charge is 0.337 e. The van der Waals surface area contributed by atoms with E-state index in [0.717, 1.165) is 0 Å². The first-order valence-corrected chi connectivity index (χ1v) is 4.53. The van der Waals surface area contributed by atoms with Crippen LogP contribution in [0.2, 0.25) is 5.02 Å². The van der Waals surface area contributed by atoms with Crippen LogP contribution in [0.5, 0.6) is 0 Å². The van der Waals surface area contributed by atoms with Crippen molar-refractivity contribution in [1.82, 2.24) is 0 Å². The molecule has 0 unspecified atom stereocenters. The fourth-order valence-corrected chi connectivity index (χ4v) is 1.36. The minimum atomic E-state index is -1.13. The Balaban J connectivity index is 3.28. The van der Waals surface area contributed by atoms with Crippen molar-refractivity contribution in [2.75, 3.05) is 12.3 Å². The number of aliphatic hydroxyl groups excluding tert-OH is 1. The van der Waals surface area contributed by atoms with Gasteiger partial charge in [0.15, 0.2) is 0 Å². The first kappa shape index (κ1) is 11.6. The molecule has 0 aromatic heterocycles. The average molecular weight is 228 g/mol. The third-order valence-corrected chi connectivity index (χ3v) is 2.03. The van der Waals surface area contributed by atoms with Gasteiger partial charge < -0.3 is 15.9 Å². The highest BCUT2D eigenvalue weighted by Crippen LogP contribution is 2.24. The zero-order valence-electron chi connectivity index (χ0n) is 7.77. The van der Waals surface area contributed by atoms with E-state index in [1.54, 1.807) is 0 Å². The quantitative estimate of drug-likeness (QED) is 0.686. The van der Waals surface area contributed by atoms with E-state index in [1.165, 1.54) is 24.3 Å². The monoisotopic (exact) mass is 227 g/mol. The van der Waals surface area contributed by atoms with Gasteiger partial charge in [-0.05, 0) is 17.7 Å². The van der Waals surface area contributed by atoms with Crippen molar-refractivity contribution < 1.29 is 15.0 Å². The molecule has 0 saturated carbocycles. The van der Waals surface area contributed by atoms with Crippen molar-refractivity contribution >= 4 is 29.3 Å². The summed E-state index contributed by atoms with van der Waals surface area (Å²) in [5.74, 6) is -1.13. The number of nitrogen functional groups attached to an aromatic ring is 1. The van der Waals surface area contributed by atoms with E-state index in [9.17, 15) is 4.79 Å². The third kappa shape index (κ3) is 2.71. The Morgan fingerprint density at radius 2 is 2.20 bits per heavy atom. The highest BCUT2D eigenvalue weighted by Gasteiger charge is 2.11. The molecule has 15 heavy (non-hydrogen) atoms. The summed E-state index contributed by atoms with van der Waals surface area (Å²) in [4.78, 5) is 10.8. The Morgan fingerprint density at radius 3 is 2.73 bits per heavy atom. The number of benzene rings is 1. The van der Waals surface area contributed by atoms with Crippen LogP contribution in [0.4, 0.5) is 5.69 Å². The first-order valence-electron chi connectivity index (χ1n) is 4.16. The molecule has 0 aliphatic carbocycles. The number of nitrogens with two attached hydrogens (primary N) is 1. The Kier molecular flexibility index (Phi) is 3.71. The molecule has 1 aromatic carbocycles. The molecule has 0 saturated heterocycles. The van der Waals surface area contributed by atoms with Gasteiger partial charge in [0.1, 0.15) is 0 Å². The second-order valence-corrected chi connectivity index (χ2v) is 3.28. The number of hydrogen-bond acceptors (Lipinski definition) is 3. The molecule has 1 rings (SSSR count). The van der Waals surface area contributed by atoms with Crippen molar-refractivity contribution in [2.45, 2.75) is 0 Å². The van der Waals surface area contributed by atoms with Crippen LogP contribution in [0.25, 0.3) is 6.08 Å². The first-order chi connectivity index (χ1) is 7.06. The van der Waals surface area contributed by atoms with Crippen molar-refractivity contribution in [3.63, 3.8) is 0 Å². The van der Waals surface area contributed by atoms with Crippen molar-refractivity contribution in [3.05, 3.63) is 34.4 Å². The second-order valence-electron chi connectivity index (χ2n) is 2.85. The predicted molar refractivity (Wildman–Crippen MR) is 58.9 cm³/mol. The molecule has 0 amide bonds. The van der Waals surface area contributed by atoms with E-state index < -0.39 is 5.97 Å². The van der Waals surface area contributed by atoms with Crippen molar-refractivity contribution in [2.24, 2.45) is 0 Å². The van der Waals surface area contributed by atoms with Gasteiger partial charge in [-0.1, -0.05) is 23.8 Å². The average Bonchev–Trinajstić information content (AvgIpc) is 2.18. The zero-order valence-corrected chi connectivity index (χ0v) is 8.53. The largest absolute Gasteiger partial charge is 0.478 e. The van der Waals surface area contributed by atoms with Crippen LogP contribution in [-0.4, -0.2) is 22.8 Å². The number of aliphatic hydroxyl groups is 1. The second kappa shape index (κ2) is 4.82.